The molecule has 1 fully saturated rings. The summed E-state index contributed by atoms with van der Waals surface area (Å²) < 4.78 is 11.8. The average molecular weight is 324 g/mol. The molecule has 1 N–H and O–H groups in total. The highest BCUT2D eigenvalue weighted by molar-refractivity contribution is 5.92. The van der Waals surface area contributed by atoms with Crippen LogP contribution in [0.2, 0.25) is 0 Å². The number of amides is 1. The van der Waals surface area contributed by atoms with Crippen LogP contribution in [-0.4, -0.2) is 29.7 Å². The molecule has 5 heteroatoms. The Kier molecular flexibility index (Phi) is 3.94. The highest BCUT2D eigenvalue weighted by atomic mass is 16.5. The fourth-order valence-electron chi connectivity index (χ4n) is 3.53. The largest absolute Gasteiger partial charge is 0.487 e. The molecule has 3 heterocycles. The monoisotopic (exact) mass is 324 g/mol. The number of aromatic nitrogens is 1. The van der Waals surface area contributed by atoms with Crippen LogP contribution in [0.5, 0.6) is 5.75 Å². The number of nitrogens with one attached hydrogen (secondary N) is 1. The lowest BCUT2D eigenvalue weighted by Crippen LogP contribution is -2.48. The number of pyridine rings is 1. The normalized spacial score (nSPS) is 21.6. The molecule has 0 aliphatic carbocycles. The first-order chi connectivity index (χ1) is 11.8. The standard InChI is InChI=1S/C19H20N2O3/c22-18(15-6-3-4-10-20-15)21-16-13-19(8-11-23-12-9-19)24-17-7-2-1-5-14(16)17/h1-7,10,16H,8-9,11-13H2,(H,21,22)/t16-/m1/s1. The molecule has 124 valence electrons. The van der Waals surface area contributed by atoms with Gasteiger partial charge < -0.3 is 14.8 Å². The van der Waals surface area contributed by atoms with Gasteiger partial charge in [0.15, 0.2) is 0 Å². The van der Waals surface area contributed by atoms with E-state index in [1.54, 1.807) is 18.3 Å². The van der Waals surface area contributed by atoms with Crippen molar-refractivity contribution in [3.8, 4) is 5.75 Å². The van der Waals surface area contributed by atoms with Gasteiger partial charge >= 0.3 is 0 Å². The quantitative estimate of drug-likeness (QED) is 0.923. The molecule has 5 nitrogen and oxygen atoms in total. The van der Waals surface area contributed by atoms with E-state index in [1.165, 1.54) is 0 Å². The van der Waals surface area contributed by atoms with E-state index in [0.29, 0.717) is 18.9 Å². The summed E-state index contributed by atoms with van der Waals surface area (Å²) in [6.45, 7) is 1.39. The number of rotatable bonds is 2. The summed E-state index contributed by atoms with van der Waals surface area (Å²) in [5.74, 6) is 0.705. The van der Waals surface area contributed by atoms with E-state index in [2.05, 4.69) is 10.3 Å². The molecule has 1 aromatic heterocycles. The van der Waals surface area contributed by atoms with Crippen molar-refractivity contribution in [2.45, 2.75) is 30.9 Å². The zero-order chi connectivity index (χ0) is 16.4. The third-order valence-electron chi connectivity index (χ3n) is 4.80. The van der Waals surface area contributed by atoms with Gasteiger partial charge in [0.05, 0.1) is 19.3 Å². The van der Waals surface area contributed by atoms with Crippen LogP contribution >= 0.6 is 0 Å². The number of hydrogen-bond donors (Lipinski definition) is 1. The summed E-state index contributed by atoms with van der Waals surface area (Å²) >= 11 is 0. The Bertz CT molecular complexity index is 726. The Morgan fingerprint density at radius 2 is 1.92 bits per heavy atom. The van der Waals surface area contributed by atoms with Crippen LogP contribution in [-0.2, 0) is 4.74 Å². The Labute approximate surface area is 141 Å². The van der Waals surface area contributed by atoms with Gasteiger partial charge in [0, 0.05) is 31.0 Å². The maximum atomic E-state index is 12.6. The predicted octanol–water partition coefficient (Wildman–Crippen LogP) is 2.88. The van der Waals surface area contributed by atoms with Crippen LogP contribution in [0.3, 0.4) is 0 Å². The number of nitrogens with zero attached hydrogens (tertiary/aromatic N) is 1. The fourth-order valence-corrected chi connectivity index (χ4v) is 3.53. The first-order valence-corrected chi connectivity index (χ1v) is 8.33. The Morgan fingerprint density at radius 1 is 1.12 bits per heavy atom. The first-order valence-electron chi connectivity index (χ1n) is 8.33. The first kappa shape index (κ1) is 15.1. The predicted molar refractivity (Wildman–Crippen MR) is 88.9 cm³/mol. The molecule has 0 radical (unpaired) electrons. The molecule has 1 amide bonds. The number of benzene rings is 1. The second-order valence-electron chi connectivity index (χ2n) is 6.38. The minimum absolute atomic E-state index is 0.0810. The molecule has 0 unspecified atom stereocenters. The maximum Gasteiger partial charge on any atom is 0.270 e. The van der Waals surface area contributed by atoms with E-state index in [-0.39, 0.29) is 17.6 Å². The Balaban J connectivity index is 1.62. The van der Waals surface area contributed by atoms with E-state index >= 15 is 0 Å². The summed E-state index contributed by atoms with van der Waals surface area (Å²) in [6, 6.07) is 13.2. The van der Waals surface area contributed by atoms with Crippen LogP contribution in [0, 0.1) is 0 Å². The van der Waals surface area contributed by atoms with Gasteiger partial charge in [0.1, 0.15) is 17.0 Å². The molecule has 1 aromatic carbocycles. The topological polar surface area (TPSA) is 60.5 Å². The van der Waals surface area contributed by atoms with Gasteiger partial charge in [-0.25, -0.2) is 0 Å². The van der Waals surface area contributed by atoms with Crippen molar-refractivity contribution in [1.29, 1.82) is 0 Å². The number of fused-ring (bicyclic) bond motifs is 1. The second-order valence-corrected chi connectivity index (χ2v) is 6.38. The van der Waals surface area contributed by atoms with E-state index in [1.807, 2.05) is 30.3 Å². The van der Waals surface area contributed by atoms with Crippen molar-refractivity contribution in [3.05, 3.63) is 59.9 Å². The highest BCUT2D eigenvalue weighted by Gasteiger charge is 2.42. The van der Waals surface area contributed by atoms with Crippen molar-refractivity contribution in [3.63, 3.8) is 0 Å². The molecule has 0 saturated carbocycles. The maximum absolute atomic E-state index is 12.6. The SMILES string of the molecule is O=C(N[C@@H]1CC2(CCOCC2)Oc2ccccc21)c1ccccn1. The minimum atomic E-state index is -0.255. The molecule has 1 spiro atoms. The van der Waals surface area contributed by atoms with Crippen LogP contribution in [0.1, 0.15) is 41.4 Å². The number of carbonyl (C=O) groups is 1. The van der Waals surface area contributed by atoms with Crippen LogP contribution in [0.15, 0.2) is 48.7 Å². The van der Waals surface area contributed by atoms with Crippen molar-refractivity contribution < 1.29 is 14.3 Å². The van der Waals surface area contributed by atoms with E-state index in [0.717, 1.165) is 30.6 Å². The summed E-state index contributed by atoms with van der Waals surface area (Å²) in [7, 11) is 0. The van der Waals surface area contributed by atoms with Crippen LogP contribution in [0.4, 0.5) is 0 Å². The molecule has 1 atom stereocenters. The molecule has 0 bridgehead atoms. The lowest BCUT2D eigenvalue weighted by molar-refractivity contribution is -0.0639. The van der Waals surface area contributed by atoms with Gasteiger partial charge in [-0.05, 0) is 18.2 Å². The lowest BCUT2D eigenvalue weighted by atomic mass is 9.82. The van der Waals surface area contributed by atoms with Gasteiger partial charge in [-0.15, -0.1) is 0 Å². The van der Waals surface area contributed by atoms with Gasteiger partial charge in [-0.3, -0.25) is 9.78 Å². The minimum Gasteiger partial charge on any atom is -0.487 e. The van der Waals surface area contributed by atoms with Crippen LogP contribution in [0.25, 0.3) is 0 Å². The molecular formula is C19H20N2O3. The molecule has 4 rings (SSSR count). The van der Waals surface area contributed by atoms with Crippen molar-refractivity contribution >= 4 is 5.91 Å². The third kappa shape index (κ3) is 2.87. The lowest BCUT2D eigenvalue weighted by Gasteiger charge is -2.44. The van der Waals surface area contributed by atoms with Gasteiger partial charge in [0.25, 0.3) is 5.91 Å². The number of hydrogen-bond acceptors (Lipinski definition) is 4. The Morgan fingerprint density at radius 3 is 2.71 bits per heavy atom. The summed E-state index contributed by atoms with van der Waals surface area (Å²) in [4.78, 5) is 16.7. The van der Waals surface area contributed by atoms with Crippen molar-refractivity contribution in [1.82, 2.24) is 10.3 Å². The van der Waals surface area contributed by atoms with Crippen molar-refractivity contribution in [2.75, 3.05) is 13.2 Å². The molecule has 2 aliphatic rings. The van der Waals surface area contributed by atoms with E-state index in [4.69, 9.17) is 9.47 Å². The zero-order valence-electron chi connectivity index (χ0n) is 13.4. The van der Waals surface area contributed by atoms with Crippen LogP contribution < -0.4 is 10.1 Å². The zero-order valence-corrected chi connectivity index (χ0v) is 13.4. The Hall–Kier alpha value is -2.40. The molecule has 2 aromatic rings. The van der Waals surface area contributed by atoms with Crippen molar-refractivity contribution in [2.24, 2.45) is 0 Å². The van der Waals surface area contributed by atoms with Gasteiger partial charge in [0.2, 0.25) is 0 Å². The van der Waals surface area contributed by atoms with Gasteiger partial charge in [-0.2, -0.15) is 0 Å². The van der Waals surface area contributed by atoms with E-state index in [9.17, 15) is 4.79 Å². The molecule has 24 heavy (non-hydrogen) atoms. The van der Waals surface area contributed by atoms with Gasteiger partial charge in [-0.1, -0.05) is 24.3 Å². The fraction of sp³-hybridized carbons (Fsp3) is 0.368. The molecule has 2 aliphatic heterocycles. The number of ether oxygens (including phenoxy) is 2. The highest BCUT2D eigenvalue weighted by Crippen LogP contribution is 2.43. The number of para-hydroxylation sites is 1. The molecule has 1 saturated heterocycles. The smallest absolute Gasteiger partial charge is 0.270 e. The summed E-state index contributed by atoms with van der Waals surface area (Å²) in [5.41, 5.74) is 1.20. The second kappa shape index (κ2) is 6.24. The van der Waals surface area contributed by atoms with E-state index < -0.39 is 0 Å². The summed E-state index contributed by atoms with van der Waals surface area (Å²) in [6.07, 6.45) is 4.08. The third-order valence-corrected chi connectivity index (χ3v) is 4.80. The average Bonchev–Trinajstić information content (AvgIpc) is 2.63. The summed E-state index contributed by atoms with van der Waals surface area (Å²) in [5, 5.41) is 3.14. The molecular weight excluding hydrogens is 304 g/mol. The number of carbonyl (C=O) groups excluding carboxylic acids is 1.